The number of ether oxygens (including phenoxy) is 1. The Kier molecular flexibility index (Phi) is 4.94. The van der Waals surface area contributed by atoms with Crippen LogP contribution in [0.2, 0.25) is 10.2 Å². The van der Waals surface area contributed by atoms with Gasteiger partial charge in [-0.25, -0.2) is 0 Å². The average molecular weight is 319 g/mol. The molecule has 1 amide bonds. The standard InChI is InChI=1S/C13H16Cl2N2O3/c1-20-13(19)7-2-4-8(5-3-7)16-12(18)10-6-9(14)11(15)17-10/h6-8,17H,2-5H2,1H3,(H,16,18). The van der Waals surface area contributed by atoms with E-state index in [0.29, 0.717) is 10.7 Å². The van der Waals surface area contributed by atoms with Gasteiger partial charge in [0.15, 0.2) is 0 Å². The summed E-state index contributed by atoms with van der Waals surface area (Å²) in [4.78, 5) is 26.1. The monoisotopic (exact) mass is 318 g/mol. The van der Waals surface area contributed by atoms with Gasteiger partial charge in [0.2, 0.25) is 0 Å². The van der Waals surface area contributed by atoms with Gasteiger partial charge in [-0.15, -0.1) is 0 Å². The van der Waals surface area contributed by atoms with Gasteiger partial charge in [-0.3, -0.25) is 9.59 Å². The molecule has 2 N–H and O–H groups in total. The first kappa shape index (κ1) is 15.2. The molecule has 1 aliphatic carbocycles. The Bertz CT molecular complexity index is 488. The number of H-pyrrole nitrogens is 1. The lowest BCUT2D eigenvalue weighted by molar-refractivity contribution is -0.146. The Hall–Kier alpha value is -1.20. The molecular weight excluding hydrogens is 303 g/mol. The van der Waals surface area contributed by atoms with Crippen LogP contribution in [-0.2, 0) is 9.53 Å². The third kappa shape index (κ3) is 3.46. The first-order valence-electron chi connectivity index (χ1n) is 6.44. The zero-order valence-electron chi connectivity index (χ0n) is 11.0. The second kappa shape index (κ2) is 6.50. The molecule has 0 saturated heterocycles. The van der Waals surface area contributed by atoms with E-state index in [-0.39, 0.29) is 29.0 Å². The molecule has 1 saturated carbocycles. The van der Waals surface area contributed by atoms with Crippen molar-refractivity contribution >= 4 is 35.1 Å². The lowest BCUT2D eigenvalue weighted by Gasteiger charge is -2.27. The van der Waals surface area contributed by atoms with Crippen molar-refractivity contribution in [3.8, 4) is 0 Å². The van der Waals surface area contributed by atoms with Gasteiger partial charge in [0, 0.05) is 6.04 Å². The number of aromatic amines is 1. The summed E-state index contributed by atoms with van der Waals surface area (Å²) in [6.07, 6.45) is 2.97. The number of carbonyl (C=O) groups excluding carboxylic acids is 2. The minimum atomic E-state index is -0.236. The fraction of sp³-hybridized carbons (Fsp3) is 0.538. The van der Waals surface area contributed by atoms with Crippen molar-refractivity contribution in [2.24, 2.45) is 5.92 Å². The van der Waals surface area contributed by atoms with E-state index in [0.717, 1.165) is 25.7 Å². The molecule has 0 spiro atoms. The maximum Gasteiger partial charge on any atom is 0.308 e. The highest BCUT2D eigenvalue weighted by Crippen LogP contribution is 2.26. The van der Waals surface area contributed by atoms with Crippen molar-refractivity contribution in [3.63, 3.8) is 0 Å². The molecule has 1 aliphatic rings. The molecule has 7 heteroatoms. The largest absolute Gasteiger partial charge is 0.469 e. The van der Waals surface area contributed by atoms with E-state index in [1.54, 1.807) is 0 Å². The Balaban J connectivity index is 1.86. The van der Waals surface area contributed by atoms with Crippen molar-refractivity contribution in [3.05, 3.63) is 21.9 Å². The van der Waals surface area contributed by atoms with Gasteiger partial charge in [0.25, 0.3) is 5.91 Å². The predicted octanol–water partition coefficient (Wildman–Crippen LogP) is 2.78. The molecule has 0 unspecified atom stereocenters. The molecule has 0 radical (unpaired) electrons. The fourth-order valence-corrected chi connectivity index (χ4v) is 2.74. The van der Waals surface area contributed by atoms with Crippen LogP contribution >= 0.6 is 23.2 Å². The molecule has 2 rings (SSSR count). The summed E-state index contributed by atoms with van der Waals surface area (Å²) in [5.41, 5.74) is 0.343. The maximum atomic E-state index is 12.0. The number of hydrogen-bond donors (Lipinski definition) is 2. The van der Waals surface area contributed by atoms with Crippen molar-refractivity contribution in [2.45, 2.75) is 31.7 Å². The normalized spacial score (nSPS) is 22.4. The molecule has 1 aromatic heterocycles. The number of nitrogens with one attached hydrogen (secondary N) is 2. The van der Waals surface area contributed by atoms with Crippen molar-refractivity contribution in [1.29, 1.82) is 0 Å². The molecule has 20 heavy (non-hydrogen) atoms. The third-order valence-corrected chi connectivity index (χ3v) is 4.26. The van der Waals surface area contributed by atoms with Crippen LogP contribution in [0, 0.1) is 5.92 Å². The summed E-state index contributed by atoms with van der Waals surface area (Å²) in [6.45, 7) is 0. The minimum Gasteiger partial charge on any atom is -0.469 e. The second-order valence-corrected chi connectivity index (χ2v) is 5.68. The number of carbonyl (C=O) groups is 2. The van der Waals surface area contributed by atoms with Crippen molar-refractivity contribution in [1.82, 2.24) is 10.3 Å². The predicted molar refractivity (Wildman–Crippen MR) is 76.0 cm³/mol. The number of hydrogen-bond acceptors (Lipinski definition) is 3. The topological polar surface area (TPSA) is 71.2 Å². The highest BCUT2D eigenvalue weighted by atomic mass is 35.5. The van der Waals surface area contributed by atoms with E-state index < -0.39 is 0 Å². The van der Waals surface area contributed by atoms with E-state index in [4.69, 9.17) is 27.9 Å². The van der Waals surface area contributed by atoms with Crippen LogP contribution in [0.5, 0.6) is 0 Å². The van der Waals surface area contributed by atoms with E-state index in [9.17, 15) is 9.59 Å². The average Bonchev–Trinajstić information content (AvgIpc) is 2.79. The van der Waals surface area contributed by atoms with E-state index in [2.05, 4.69) is 10.3 Å². The van der Waals surface area contributed by atoms with Crippen LogP contribution in [0.25, 0.3) is 0 Å². The highest BCUT2D eigenvalue weighted by molar-refractivity contribution is 6.41. The Morgan fingerprint density at radius 2 is 1.95 bits per heavy atom. The fourth-order valence-electron chi connectivity index (χ4n) is 2.43. The second-order valence-electron chi connectivity index (χ2n) is 4.89. The molecule has 0 aromatic carbocycles. The summed E-state index contributed by atoms with van der Waals surface area (Å²) >= 11 is 11.6. The first-order chi connectivity index (χ1) is 9.51. The summed E-state index contributed by atoms with van der Waals surface area (Å²) in [7, 11) is 1.40. The number of halogens is 2. The van der Waals surface area contributed by atoms with Crippen molar-refractivity contribution in [2.75, 3.05) is 7.11 Å². The summed E-state index contributed by atoms with van der Waals surface area (Å²) in [5.74, 6) is -0.458. The van der Waals surface area contributed by atoms with Gasteiger partial charge < -0.3 is 15.0 Å². The Labute approximate surface area is 127 Å². The summed E-state index contributed by atoms with van der Waals surface area (Å²) in [6, 6.07) is 1.56. The molecule has 1 fully saturated rings. The lowest BCUT2D eigenvalue weighted by Crippen LogP contribution is -2.39. The maximum absolute atomic E-state index is 12.0. The van der Waals surface area contributed by atoms with Gasteiger partial charge >= 0.3 is 5.97 Å². The molecule has 0 bridgehead atoms. The molecule has 0 aliphatic heterocycles. The van der Waals surface area contributed by atoms with Crippen LogP contribution in [-0.4, -0.2) is 30.0 Å². The summed E-state index contributed by atoms with van der Waals surface area (Å²) < 4.78 is 4.73. The van der Waals surface area contributed by atoms with E-state index in [1.807, 2.05) is 0 Å². The first-order valence-corrected chi connectivity index (χ1v) is 7.19. The van der Waals surface area contributed by atoms with Crippen LogP contribution in [0.3, 0.4) is 0 Å². The number of aromatic nitrogens is 1. The van der Waals surface area contributed by atoms with Gasteiger partial charge in [0.1, 0.15) is 10.8 Å². The number of amides is 1. The van der Waals surface area contributed by atoms with Crippen LogP contribution in [0.15, 0.2) is 6.07 Å². The quantitative estimate of drug-likeness (QED) is 0.842. The van der Waals surface area contributed by atoms with E-state index in [1.165, 1.54) is 13.2 Å². The van der Waals surface area contributed by atoms with Gasteiger partial charge in [-0.1, -0.05) is 23.2 Å². The van der Waals surface area contributed by atoms with Crippen LogP contribution in [0.4, 0.5) is 0 Å². The molecule has 110 valence electrons. The van der Waals surface area contributed by atoms with Crippen molar-refractivity contribution < 1.29 is 14.3 Å². The zero-order chi connectivity index (χ0) is 14.7. The molecule has 5 nitrogen and oxygen atoms in total. The van der Waals surface area contributed by atoms with Gasteiger partial charge in [0.05, 0.1) is 18.1 Å². The number of rotatable bonds is 3. The SMILES string of the molecule is COC(=O)C1CCC(NC(=O)c2cc(Cl)c(Cl)[nH]2)CC1. The molecule has 1 heterocycles. The minimum absolute atomic E-state index is 0.0532. The zero-order valence-corrected chi connectivity index (χ0v) is 12.6. The highest BCUT2D eigenvalue weighted by Gasteiger charge is 2.28. The van der Waals surface area contributed by atoms with E-state index >= 15 is 0 Å². The van der Waals surface area contributed by atoms with Gasteiger partial charge in [-0.05, 0) is 31.7 Å². The smallest absolute Gasteiger partial charge is 0.308 e. The Morgan fingerprint density at radius 3 is 2.45 bits per heavy atom. The summed E-state index contributed by atoms with van der Waals surface area (Å²) in [5, 5.41) is 3.49. The number of esters is 1. The van der Waals surface area contributed by atoms with Crippen LogP contribution < -0.4 is 5.32 Å². The lowest BCUT2D eigenvalue weighted by atomic mass is 9.86. The molecular formula is C13H16Cl2N2O3. The number of methoxy groups -OCH3 is 1. The molecule has 1 aromatic rings. The molecule has 0 atom stereocenters. The van der Waals surface area contributed by atoms with Crippen LogP contribution in [0.1, 0.15) is 36.2 Å². The Morgan fingerprint density at radius 1 is 1.30 bits per heavy atom. The third-order valence-electron chi connectivity index (χ3n) is 3.57. The van der Waals surface area contributed by atoms with Gasteiger partial charge in [-0.2, -0.15) is 0 Å².